The zero-order valence-electron chi connectivity index (χ0n) is 10.4. The molecule has 0 aromatic rings. The molecule has 0 aliphatic carbocycles. The number of carbonyl (C=O) groups excluding carboxylic acids is 2. The van der Waals surface area contributed by atoms with Crippen LogP contribution in [-0.2, 0) is 14.4 Å². The van der Waals surface area contributed by atoms with Crippen LogP contribution in [0.5, 0.6) is 0 Å². The molecule has 0 aromatic heterocycles. The maximum Gasteiger partial charge on any atom is 0.326 e. The fourth-order valence-electron chi connectivity index (χ4n) is 1.15. The molecule has 0 bridgehead atoms. The predicted molar refractivity (Wildman–Crippen MR) is 63.5 cm³/mol. The first-order valence-electron chi connectivity index (χ1n) is 5.62. The van der Waals surface area contributed by atoms with Crippen molar-refractivity contribution in [3.8, 4) is 0 Å². The molecule has 0 fully saturated rings. The summed E-state index contributed by atoms with van der Waals surface area (Å²) in [6.07, 6.45) is -0.618. The van der Waals surface area contributed by atoms with Crippen LogP contribution >= 0.6 is 0 Å². The number of carboxylic acid groups (broad SMARTS) is 2. The van der Waals surface area contributed by atoms with Gasteiger partial charge in [-0.3, -0.25) is 9.59 Å². The molecule has 19 heavy (non-hydrogen) atoms. The SMILES string of the molecule is CCNC(=O)CNC(=O)N[C@@H](CCC(=O)O)C(=O)O. The highest BCUT2D eigenvalue weighted by molar-refractivity contribution is 5.86. The summed E-state index contributed by atoms with van der Waals surface area (Å²) < 4.78 is 0. The largest absolute Gasteiger partial charge is 0.481 e. The zero-order valence-corrected chi connectivity index (χ0v) is 10.4. The van der Waals surface area contributed by atoms with Crippen LogP contribution in [0.3, 0.4) is 0 Å². The third-order valence-electron chi connectivity index (χ3n) is 2.03. The van der Waals surface area contributed by atoms with Crippen molar-refractivity contribution >= 4 is 23.9 Å². The highest BCUT2D eigenvalue weighted by Gasteiger charge is 2.20. The van der Waals surface area contributed by atoms with Gasteiger partial charge in [0.15, 0.2) is 0 Å². The van der Waals surface area contributed by atoms with E-state index < -0.39 is 29.9 Å². The maximum atomic E-state index is 11.3. The Morgan fingerprint density at radius 2 is 1.74 bits per heavy atom. The molecule has 3 amide bonds. The first kappa shape index (κ1) is 16.7. The highest BCUT2D eigenvalue weighted by atomic mass is 16.4. The van der Waals surface area contributed by atoms with Gasteiger partial charge in [0.05, 0.1) is 6.54 Å². The first-order valence-corrected chi connectivity index (χ1v) is 5.62. The second-order valence-electron chi connectivity index (χ2n) is 3.60. The van der Waals surface area contributed by atoms with Crippen LogP contribution in [0.1, 0.15) is 19.8 Å². The van der Waals surface area contributed by atoms with E-state index in [-0.39, 0.29) is 19.4 Å². The van der Waals surface area contributed by atoms with E-state index in [4.69, 9.17) is 10.2 Å². The standard InChI is InChI=1S/C10H17N3O6/c1-2-11-7(14)5-12-10(19)13-6(9(17)18)3-4-8(15)16/h6H,2-5H2,1H3,(H,11,14)(H,15,16)(H,17,18)(H2,12,13,19)/t6-/m0/s1. The van der Waals surface area contributed by atoms with Gasteiger partial charge in [-0.2, -0.15) is 0 Å². The Morgan fingerprint density at radius 3 is 2.21 bits per heavy atom. The van der Waals surface area contributed by atoms with E-state index in [9.17, 15) is 19.2 Å². The third-order valence-corrected chi connectivity index (χ3v) is 2.03. The lowest BCUT2D eigenvalue weighted by Gasteiger charge is -2.14. The van der Waals surface area contributed by atoms with Crippen molar-refractivity contribution in [1.82, 2.24) is 16.0 Å². The van der Waals surface area contributed by atoms with Crippen molar-refractivity contribution in [3.63, 3.8) is 0 Å². The minimum absolute atomic E-state index is 0.237. The molecule has 0 radical (unpaired) electrons. The van der Waals surface area contributed by atoms with Crippen molar-refractivity contribution in [2.24, 2.45) is 0 Å². The third kappa shape index (κ3) is 8.41. The van der Waals surface area contributed by atoms with Crippen molar-refractivity contribution in [2.75, 3.05) is 13.1 Å². The smallest absolute Gasteiger partial charge is 0.326 e. The minimum Gasteiger partial charge on any atom is -0.481 e. The van der Waals surface area contributed by atoms with Crippen molar-refractivity contribution in [2.45, 2.75) is 25.8 Å². The van der Waals surface area contributed by atoms with Gasteiger partial charge >= 0.3 is 18.0 Å². The summed E-state index contributed by atoms with van der Waals surface area (Å²) in [7, 11) is 0. The quantitative estimate of drug-likeness (QED) is 0.374. The Morgan fingerprint density at radius 1 is 1.11 bits per heavy atom. The molecule has 0 aliphatic heterocycles. The molecule has 9 nitrogen and oxygen atoms in total. The van der Waals surface area contributed by atoms with Gasteiger partial charge < -0.3 is 26.2 Å². The van der Waals surface area contributed by atoms with Crippen LogP contribution < -0.4 is 16.0 Å². The molecular weight excluding hydrogens is 258 g/mol. The second-order valence-corrected chi connectivity index (χ2v) is 3.60. The van der Waals surface area contributed by atoms with Crippen LogP contribution in [-0.4, -0.2) is 53.2 Å². The molecule has 0 unspecified atom stereocenters. The molecule has 0 aromatic carbocycles. The summed E-state index contributed by atoms with van der Waals surface area (Å²) in [6.45, 7) is 1.84. The Kier molecular flexibility index (Phi) is 7.66. The van der Waals surface area contributed by atoms with E-state index in [0.717, 1.165) is 0 Å². The first-order chi connectivity index (χ1) is 8.86. The molecule has 0 spiro atoms. The summed E-state index contributed by atoms with van der Waals surface area (Å²) >= 11 is 0. The molecule has 0 saturated heterocycles. The molecule has 5 N–H and O–H groups in total. The van der Waals surface area contributed by atoms with Gasteiger partial charge in [-0.05, 0) is 13.3 Å². The molecular formula is C10H17N3O6. The fourth-order valence-corrected chi connectivity index (χ4v) is 1.15. The van der Waals surface area contributed by atoms with Crippen molar-refractivity contribution < 1.29 is 29.4 Å². The normalized spacial score (nSPS) is 11.2. The van der Waals surface area contributed by atoms with E-state index in [1.54, 1.807) is 6.92 Å². The van der Waals surface area contributed by atoms with Gasteiger partial charge in [0.2, 0.25) is 5.91 Å². The van der Waals surface area contributed by atoms with Gasteiger partial charge in [0.25, 0.3) is 0 Å². The number of carbonyl (C=O) groups is 4. The summed E-state index contributed by atoms with van der Waals surface area (Å²) in [5, 5.41) is 23.9. The molecule has 9 heteroatoms. The fraction of sp³-hybridized carbons (Fsp3) is 0.600. The number of urea groups is 1. The lowest BCUT2D eigenvalue weighted by Crippen LogP contribution is -2.48. The van der Waals surface area contributed by atoms with Crippen LogP contribution in [0.4, 0.5) is 4.79 Å². The lowest BCUT2D eigenvalue weighted by molar-refractivity contribution is -0.140. The van der Waals surface area contributed by atoms with Crippen molar-refractivity contribution in [1.29, 1.82) is 0 Å². The van der Waals surface area contributed by atoms with E-state index in [0.29, 0.717) is 6.54 Å². The van der Waals surface area contributed by atoms with Gasteiger partial charge in [0.1, 0.15) is 6.04 Å². The maximum absolute atomic E-state index is 11.3. The summed E-state index contributed by atoms with van der Waals surface area (Å²) in [6, 6.07) is -2.16. The lowest BCUT2D eigenvalue weighted by atomic mass is 10.1. The van der Waals surface area contributed by atoms with Crippen LogP contribution in [0.2, 0.25) is 0 Å². The minimum atomic E-state index is -1.34. The molecule has 0 heterocycles. The van der Waals surface area contributed by atoms with Crippen LogP contribution in [0.15, 0.2) is 0 Å². The average molecular weight is 275 g/mol. The summed E-state index contributed by atoms with van der Waals surface area (Å²) in [5.74, 6) is -2.90. The summed E-state index contributed by atoms with van der Waals surface area (Å²) in [5.41, 5.74) is 0. The Balaban J connectivity index is 4.13. The van der Waals surface area contributed by atoms with E-state index in [1.807, 2.05) is 0 Å². The molecule has 0 rings (SSSR count). The number of amides is 3. The number of nitrogens with one attached hydrogen (secondary N) is 3. The van der Waals surface area contributed by atoms with Crippen LogP contribution in [0, 0.1) is 0 Å². The average Bonchev–Trinajstić information content (AvgIpc) is 2.31. The van der Waals surface area contributed by atoms with Gasteiger partial charge in [-0.1, -0.05) is 0 Å². The Bertz CT molecular complexity index is 357. The van der Waals surface area contributed by atoms with E-state index in [2.05, 4.69) is 16.0 Å². The molecule has 108 valence electrons. The number of likely N-dealkylation sites (N-methyl/N-ethyl adjacent to an activating group) is 1. The number of carboxylic acids is 2. The van der Waals surface area contributed by atoms with Gasteiger partial charge in [0, 0.05) is 13.0 Å². The molecule has 0 saturated carbocycles. The number of hydrogen-bond donors (Lipinski definition) is 5. The van der Waals surface area contributed by atoms with Crippen molar-refractivity contribution in [3.05, 3.63) is 0 Å². The number of aliphatic carboxylic acids is 2. The molecule has 0 aliphatic rings. The topological polar surface area (TPSA) is 145 Å². The monoisotopic (exact) mass is 275 g/mol. The predicted octanol–water partition coefficient (Wildman–Crippen LogP) is -1.26. The zero-order chi connectivity index (χ0) is 14.8. The Labute approximate surface area is 109 Å². The number of hydrogen-bond acceptors (Lipinski definition) is 4. The summed E-state index contributed by atoms with van der Waals surface area (Å²) in [4.78, 5) is 43.4. The molecule has 1 atom stereocenters. The van der Waals surface area contributed by atoms with Crippen LogP contribution in [0.25, 0.3) is 0 Å². The second kappa shape index (κ2) is 8.72. The van der Waals surface area contributed by atoms with Gasteiger partial charge in [-0.15, -0.1) is 0 Å². The van der Waals surface area contributed by atoms with E-state index >= 15 is 0 Å². The highest BCUT2D eigenvalue weighted by Crippen LogP contribution is 1.97. The van der Waals surface area contributed by atoms with E-state index in [1.165, 1.54) is 0 Å². The van der Waals surface area contributed by atoms with Gasteiger partial charge in [-0.25, -0.2) is 9.59 Å². The Hall–Kier alpha value is -2.32. The number of rotatable bonds is 8.